The van der Waals surface area contributed by atoms with Crippen LogP contribution < -0.4 is 5.32 Å². The number of ketones is 1. The number of nitriles is 1. The summed E-state index contributed by atoms with van der Waals surface area (Å²) in [6, 6.07) is 11.0. The minimum absolute atomic E-state index is 0.0523. The molecule has 140 valence electrons. The number of hydrogen-bond donors (Lipinski definition) is 1. The zero-order valence-electron chi connectivity index (χ0n) is 14.9. The van der Waals surface area contributed by atoms with Crippen LogP contribution in [0.3, 0.4) is 0 Å². The monoisotopic (exact) mass is 383 g/mol. The highest BCUT2D eigenvalue weighted by Crippen LogP contribution is 2.28. The number of carbonyl (C=O) groups is 2. The van der Waals surface area contributed by atoms with E-state index in [2.05, 4.69) is 11.4 Å². The molecule has 2 aliphatic rings. The van der Waals surface area contributed by atoms with Crippen molar-refractivity contribution >= 4 is 34.4 Å². The lowest BCUT2D eigenvalue weighted by molar-refractivity contribution is -0.135. The number of benzene rings is 1. The lowest BCUT2D eigenvalue weighted by Crippen LogP contribution is -2.51. The summed E-state index contributed by atoms with van der Waals surface area (Å²) >= 11 is 1.47. The fourth-order valence-corrected chi connectivity index (χ4v) is 4.98. The number of likely N-dealkylation sites (tertiary alicyclic amines) is 1. The van der Waals surface area contributed by atoms with Crippen LogP contribution in [0.15, 0.2) is 34.7 Å². The van der Waals surface area contributed by atoms with Crippen LogP contribution in [0.5, 0.6) is 0 Å². The summed E-state index contributed by atoms with van der Waals surface area (Å²) < 4.78 is 5.78. The van der Waals surface area contributed by atoms with Crippen LogP contribution in [0, 0.1) is 11.3 Å². The first kappa shape index (κ1) is 18.1. The molecule has 0 radical (unpaired) electrons. The fraction of sp³-hybridized carbons (Fsp3) is 0.450. The van der Waals surface area contributed by atoms with Crippen molar-refractivity contribution < 1.29 is 14.0 Å². The average molecular weight is 383 g/mol. The van der Waals surface area contributed by atoms with Gasteiger partial charge in [-0.25, -0.2) is 0 Å². The lowest BCUT2D eigenvalue weighted by Gasteiger charge is -2.25. The van der Waals surface area contributed by atoms with Crippen molar-refractivity contribution in [1.29, 1.82) is 5.26 Å². The van der Waals surface area contributed by atoms with Gasteiger partial charge in [0.25, 0.3) is 0 Å². The van der Waals surface area contributed by atoms with Crippen molar-refractivity contribution in [3.05, 3.63) is 36.1 Å². The molecule has 4 rings (SSSR count). The average Bonchev–Trinajstić information content (AvgIpc) is 3.43. The van der Waals surface area contributed by atoms with Gasteiger partial charge in [-0.3, -0.25) is 14.9 Å². The highest BCUT2D eigenvalue weighted by molar-refractivity contribution is 8.00. The summed E-state index contributed by atoms with van der Waals surface area (Å²) in [4.78, 5) is 27.3. The third-order valence-electron chi connectivity index (χ3n) is 5.23. The Morgan fingerprint density at radius 2 is 2.22 bits per heavy atom. The lowest BCUT2D eigenvalue weighted by atomic mass is 10.0. The maximum atomic E-state index is 12.9. The van der Waals surface area contributed by atoms with Crippen LogP contribution in [-0.4, -0.2) is 46.3 Å². The van der Waals surface area contributed by atoms with Crippen molar-refractivity contribution in [2.24, 2.45) is 0 Å². The first-order valence-corrected chi connectivity index (χ1v) is 10.3. The van der Waals surface area contributed by atoms with Crippen molar-refractivity contribution in [3.8, 4) is 6.07 Å². The predicted octanol–water partition coefficient (Wildman–Crippen LogP) is 2.48. The number of aryl methyl sites for hydroxylation is 1. The Balaban J connectivity index is 1.40. The Morgan fingerprint density at radius 1 is 1.37 bits per heavy atom. The second-order valence-electron chi connectivity index (χ2n) is 6.95. The maximum Gasteiger partial charge on any atom is 0.242 e. The van der Waals surface area contributed by atoms with Crippen LogP contribution in [0.2, 0.25) is 0 Å². The molecule has 1 N–H and O–H groups in total. The number of furan rings is 1. The van der Waals surface area contributed by atoms with Crippen molar-refractivity contribution in [2.45, 2.75) is 43.0 Å². The summed E-state index contributed by atoms with van der Waals surface area (Å²) in [6.07, 6.45) is 2.42. The van der Waals surface area contributed by atoms with E-state index in [1.54, 1.807) is 4.90 Å². The summed E-state index contributed by atoms with van der Waals surface area (Å²) in [6.45, 7) is 0.597. The highest BCUT2D eigenvalue weighted by Gasteiger charge is 2.42. The molecule has 2 aromatic rings. The van der Waals surface area contributed by atoms with Crippen molar-refractivity contribution in [2.75, 3.05) is 12.4 Å². The highest BCUT2D eigenvalue weighted by atomic mass is 32.2. The van der Waals surface area contributed by atoms with Crippen LogP contribution in [0.1, 0.15) is 25.0 Å². The van der Waals surface area contributed by atoms with Crippen molar-refractivity contribution in [1.82, 2.24) is 10.2 Å². The molecule has 0 saturated carbocycles. The second-order valence-corrected chi connectivity index (χ2v) is 8.08. The molecule has 1 unspecified atom stereocenters. The summed E-state index contributed by atoms with van der Waals surface area (Å²) in [5.74, 6) is 1.29. The number of fused-ring (bicyclic) bond motifs is 1. The molecule has 6 nitrogen and oxygen atoms in total. The Bertz CT molecular complexity index is 870. The molecule has 1 aromatic heterocycles. The Morgan fingerprint density at radius 3 is 3.04 bits per heavy atom. The molecule has 2 aliphatic heterocycles. The Kier molecular flexibility index (Phi) is 5.19. The van der Waals surface area contributed by atoms with Crippen LogP contribution in [0.25, 0.3) is 11.0 Å². The number of nitrogens with zero attached hydrogens (tertiary/aromatic N) is 2. The zero-order chi connectivity index (χ0) is 18.8. The van der Waals surface area contributed by atoms with Crippen LogP contribution >= 0.6 is 11.8 Å². The van der Waals surface area contributed by atoms with E-state index < -0.39 is 11.3 Å². The minimum Gasteiger partial charge on any atom is -0.461 e. The van der Waals surface area contributed by atoms with Gasteiger partial charge in [-0.1, -0.05) is 18.2 Å². The molecule has 0 aliphatic carbocycles. The van der Waals surface area contributed by atoms with Gasteiger partial charge in [0.1, 0.15) is 29.2 Å². The number of amides is 1. The van der Waals surface area contributed by atoms with E-state index in [0.29, 0.717) is 31.7 Å². The van der Waals surface area contributed by atoms with Gasteiger partial charge in [0.2, 0.25) is 5.91 Å². The number of carbonyl (C=O) groups excluding carboxylic acids is 2. The third-order valence-corrected chi connectivity index (χ3v) is 6.46. The molecule has 3 heterocycles. The molecular weight excluding hydrogens is 362 g/mol. The van der Waals surface area contributed by atoms with Gasteiger partial charge in [-0.15, -0.1) is 11.8 Å². The molecule has 3 atom stereocenters. The normalized spacial score (nSPS) is 25.0. The Hall–Kier alpha value is -2.30. The summed E-state index contributed by atoms with van der Waals surface area (Å²) in [7, 11) is 0. The molecule has 1 aromatic carbocycles. The van der Waals surface area contributed by atoms with Gasteiger partial charge in [-0.05, 0) is 25.0 Å². The first-order valence-electron chi connectivity index (χ1n) is 9.22. The molecular formula is C20H21N3O3S. The fourth-order valence-electron chi connectivity index (χ4n) is 3.82. The molecule has 0 spiro atoms. The quantitative estimate of drug-likeness (QED) is 0.854. The van der Waals surface area contributed by atoms with E-state index in [4.69, 9.17) is 4.42 Å². The summed E-state index contributed by atoms with van der Waals surface area (Å²) in [5, 5.41) is 13.0. The number of para-hydroxylation sites is 1. The molecule has 0 bridgehead atoms. The number of Topliss-reactive ketones (excluding diaryl/α,β-unsaturated/α-hetero) is 1. The molecule has 2 fully saturated rings. The van der Waals surface area contributed by atoms with Crippen LogP contribution in [0.4, 0.5) is 0 Å². The number of thioether (sulfide) groups is 1. The summed E-state index contributed by atoms with van der Waals surface area (Å²) in [5.41, 5.74) is 0.821. The number of rotatable bonds is 5. The van der Waals surface area contributed by atoms with Gasteiger partial charge in [0.15, 0.2) is 0 Å². The SMILES string of the molecule is N#C[C@@H]1CCCN1C(=O)[C@H]1NCSC1C(=O)CCc1cc2ccccc2o1. The van der Waals surface area contributed by atoms with E-state index in [0.717, 1.165) is 23.2 Å². The van der Waals surface area contributed by atoms with Crippen molar-refractivity contribution in [3.63, 3.8) is 0 Å². The predicted molar refractivity (Wildman–Crippen MR) is 103 cm³/mol. The Labute approximate surface area is 161 Å². The van der Waals surface area contributed by atoms with E-state index in [1.165, 1.54) is 11.8 Å². The number of nitrogens with one attached hydrogen (secondary N) is 1. The van der Waals surface area contributed by atoms with Gasteiger partial charge < -0.3 is 9.32 Å². The van der Waals surface area contributed by atoms with Gasteiger partial charge in [0.05, 0.1) is 11.3 Å². The first-order chi connectivity index (χ1) is 13.2. The van der Waals surface area contributed by atoms with Crippen LogP contribution in [-0.2, 0) is 16.0 Å². The van der Waals surface area contributed by atoms with E-state index in [9.17, 15) is 14.9 Å². The van der Waals surface area contributed by atoms with E-state index in [-0.39, 0.29) is 17.7 Å². The molecule has 7 heteroatoms. The number of hydrogen-bond acceptors (Lipinski definition) is 6. The molecule has 1 amide bonds. The minimum atomic E-state index is -0.535. The van der Waals surface area contributed by atoms with E-state index in [1.807, 2.05) is 30.3 Å². The topological polar surface area (TPSA) is 86.3 Å². The smallest absolute Gasteiger partial charge is 0.242 e. The standard InChI is InChI=1S/C20H21N3O3S/c21-11-14-5-3-9-23(14)20(25)18-19(27-12-22-18)16(24)8-7-15-10-13-4-1-2-6-17(13)26-15/h1-2,4,6,10,14,18-19,22H,3,5,7-9,12H2/t14-,18-,19?/m0/s1. The maximum absolute atomic E-state index is 12.9. The zero-order valence-corrected chi connectivity index (χ0v) is 15.7. The van der Waals surface area contributed by atoms with Gasteiger partial charge >= 0.3 is 0 Å². The van der Waals surface area contributed by atoms with Gasteiger partial charge in [-0.2, -0.15) is 5.26 Å². The molecule has 2 saturated heterocycles. The largest absolute Gasteiger partial charge is 0.461 e. The molecule has 27 heavy (non-hydrogen) atoms. The van der Waals surface area contributed by atoms with E-state index >= 15 is 0 Å². The van der Waals surface area contributed by atoms with Gasteiger partial charge in [0, 0.05) is 30.6 Å². The second kappa shape index (κ2) is 7.75. The third kappa shape index (κ3) is 3.60.